The molecule has 0 aromatic carbocycles. The Bertz CT molecular complexity index is 268. The number of aryl methyl sites for hydroxylation is 1. The smallest absolute Gasteiger partial charge is 0.0107 e. The van der Waals surface area contributed by atoms with E-state index in [-0.39, 0.29) is 0 Å². The highest BCUT2D eigenvalue weighted by molar-refractivity contribution is 5.64. The van der Waals surface area contributed by atoms with Gasteiger partial charge in [0, 0.05) is 19.4 Å². The SMILES string of the molecule is CC/C=C(\CC)c1ccn(C)c1. The molecule has 1 nitrogen and oxygen atoms in total. The fourth-order valence-corrected chi connectivity index (χ4v) is 1.41. The van der Waals surface area contributed by atoms with Crippen LogP contribution in [0.1, 0.15) is 32.3 Å². The molecule has 0 spiro atoms. The molecule has 0 bridgehead atoms. The van der Waals surface area contributed by atoms with Gasteiger partial charge in [-0.2, -0.15) is 0 Å². The highest BCUT2D eigenvalue weighted by atomic mass is 14.9. The predicted octanol–water partition coefficient (Wildman–Crippen LogP) is 3.23. The molecule has 0 aliphatic rings. The normalized spacial score (nSPS) is 12.1. The van der Waals surface area contributed by atoms with E-state index in [4.69, 9.17) is 0 Å². The molecule has 0 unspecified atom stereocenters. The summed E-state index contributed by atoms with van der Waals surface area (Å²) in [6.07, 6.45) is 8.81. The van der Waals surface area contributed by atoms with Crippen molar-refractivity contribution in [1.29, 1.82) is 0 Å². The van der Waals surface area contributed by atoms with E-state index in [1.807, 2.05) is 0 Å². The fourth-order valence-electron chi connectivity index (χ4n) is 1.41. The maximum Gasteiger partial charge on any atom is 0.0107 e. The first-order valence-corrected chi connectivity index (χ1v) is 4.59. The molecule has 0 amide bonds. The van der Waals surface area contributed by atoms with E-state index >= 15 is 0 Å². The van der Waals surface area contributed by atoms with Gasteiger partial charge in [0.15, 0.2) is 0 Å². The molecule has 1 heteroatoms. The van der Waals surface area contributed by atoms with E-state index in [2.05, 4.69) is 50.0 Å². The molecule has 1 rings (SSSR count). The summed E-state index contributed by atoms with van der Waals surface area (Å²) >= 11 is 0. The molecule has 1 aromatic heterocycles. The lowest BCUT2D eigenvalue weighted by Gasteiger charge is -1.99. The third kappa shape index (κ3) is 2.00. The van der Waals surface area contributed by atoms with Crippen LogP contribution >= 0.6 is 0 Å². The molecule has 0 saturated carbocycles. The monoisotopic (exact) mass is 163 g/mol. The van der Waals surface area contributed by atoms with Crippen molar-refractivity contribution in [2.45, 2.75) is 26.7 Å². The summed E-state index contributed by atoms with van der Waals surface area (Å²) in [5.74, 6) is 0. The van der Waals surface area contributed by atoms with Crippen LogP contribution in [0.2, 0.25) is 0 Å². The van der Waals surface area contributed by atoms with Gasteiger partial charge in [0.1, 0.15) is 0 Å². The van der Waals surface area contributed by atoms with Crippen molar-refractivity contribution in [2.24, 2.45) is 7.05 Å². The summed E-state index contributed by atoms with van der Waals surface area (Å²) in [5, 5.41) is 0. The van der Waals surface area contributed by atoms with Gasteiger partial charge >= 0.3 is 0 Å². The summed E-state index contributed by atoms with van der Waals surface area (Å²) in [7, 11) is 2.06. The molecule has 0 aliphatic heterocycles. The van der Waals surface area contributed by atoms with Crippen LogP contribution in [0.15, 0.2) is 24.5 Å². The Hall–Kier alpha value is -0.980. The Morgan fingerprint density at radius 3 is 2.67 bits per heavy atom. The van der Waals surface area contributed by atoms with E-state index in [0.717, 1.165) is 12.8 Å². The van der Waals surface area contributed by atoms with Crippen LogP contribution < -0.4 is 0 Å². The summed E-state index contributed by atoms with van der Waals surface area (Å²) in [5.41, 5.74) is 2.82. The van der Waals surface area contributed by atoms with Crippen LogP contribution in [0.25, 0.3) is 5.57 Å². The first kappa shape index (κ1) is 9.11. The molecule has 0 radical (unpaired) electrons. The molecule has 0 N–H and O–H groups in total. The van der Waals surface area contributed by atoms with E-state index in [1.54, 1.807) is 0 Å². The molecule has 0 atom stereocenters. The number of hydrogen-bond donors (Lipinski definition) is 0. The van der Waals surface area contributed by atoms with Crippen molar-refractivity contribution < 1.29 is 0 Å². The number of rotatable bonds is 3. The zero-order valence-electron chi connectivity index (χ0n) is 8.17. The van der Waals surface area contributed by atoms with Crippen molar-refractivity contribution in [3.8, 4) is 0 Å². The number of hydrogen-bond acceptors (Lipinski definition) is 0. The Kier molecular flexibility index (Phi) is 3.15. The molecule has 66 valence electrons. The summed E-state index contributed by atoms with van der Waals surface area (Å²) in [6, 6.07) is 2.17. The third-order valence-corrected chi connectivity index (χ3v) is 2.03. The van der Waals surface area contributed by atoms with Crippen LogP contribution in [0.4, 0.5) is 0 Å². The molecular formula is C11H17N. The molecule has 0 fully saturated rings. The summed E-state index contributed by atoms with van der Waals surface area (Å²) < 4.78 is 2.09. The van der Waals surface area contributed by atoms with Crippen molar-refractivity contribution >= 4 is 5.57 Å². The van der Waals surface area contributed by atoms with Gasteiger partial charge in [-0.3, -0.25) is 0 Å². The standard InChI is InChI=1S/C11H17N/c1-4-6-10(5-2)11-7-8-12(3)9-11/h6-9H,4-5H2,1-3H3/b10-6+. The van der Waals surface area contributed by atoms with Crippen molar-refractivity contribution in [1.82, 2.24) is 4.57 Å². The quantitative estimate of drug-likeness (QED) is 0.644. The summed E-state index contributed by atoms with van der Waals surface area (Å²) in [4.78, 5) is 0. The van der Waals surface area contributed by atoms with Crippen LogP contribution in [-0.2, 0) is 7.05 Å². The largest absolute Gasteiger partial charge is 0.357 e. The minimum Gasteiger partial charge on any atom is -0.357 e. The van der Waals surface area contributed by atoms with Gasteiger partial charge in [-0.1, -0.05) is 19.9 Å². The average Bonchev–Trinajstić information content (AvgIpc) is 2.47. The second-order valence-electron chi connectivity index (χ2n) is 3.06. The van der Waals surface area contributed by atoms with Crippen molar-refractivity contribution in [2.75, 3.05) is 0 Å². The zero-order chi connectivity index (χ0) is 8.97. The second kappa shape index (κ2) is 4.15. The zero-order valence-corrected chi connectivity index (χ0v) is 8.17. The third-order valence-electron chi connectivity index (χ3n) is 2.03. The topological polar surface area (TPSA) is 4.93 Å². The highest BCUT2D eigenvalue weighted by Crippen LogP contribution is 2.18. The molecular weight excluding hydrogens is 146 g/mol. The summed E-state index contributed by atoms with van der Waals surface area (Å²) in [6.45, 7) is 4.38. The van der Waals surface area contributed by atoms with E-state index < -0.39 is 0 Å². The van der Waals surface area contributed by atoms with Gasteiger partial charge in [-0.25, -0.2) is 0 Å². The Morgan fingerprint density at radius 2 is 2.25 bits per heavy atom. The maximum absolute atomic E-state index is 2.30. The van der Waals surface area contributed by atoms with Gasteiger partial charge in [-0.15, -0.1) is 0 Å². The second-order valence-corrected chi connectivity index (χ2v) is 3.06. The van der Waals surface area contributed by atoms with E-state index in [9.17, 15) is 0 Å². The van der Waals surface area contributed by atoms with Gasteiger partial charge < -0.3 is 4.57 Å². The Labute approximate surface area is 74.7 Å². The first-order valence-electron chi connectivity index (χ1n) is 4.59. The lowest BCUT2D eigenvalue weighted by atomic mass is 10.1. The van der Waals surface area contributed by atoms with Gasteiger partial charge in [0.25, 0.3) is 0 Å². The van der Waals surface area contributed by atoms with Crippen molar-refractivity contribution in [3.05, 3.63) is 30.1 Å². The lowest BCUT2D eigenvalue weighted by molar-refractivity contribution is 0.926. The number of aromatic nitrogens is 1. The van der Waals surface area contributed by atoms with Gasteiger partial charge in [-0.05, 0) is 30.0 Å². The molecule has 1 heterocycles. The minimum atomic E-state index is 1.12. The molecule has 12 heavy (non-hydrogen) atoms. The predicted molar refractivity (Wildman–Crippen MR) is 54.0 cm³/mol. The van der Waals surface area contributed by atoms with Crippen LogP contribution in [0.5, 0.6) is 0 Å². The van der Waals surface area contributed by atoms with Crippen LogP contribution in [0, 0.1) is 0 Å². The van der Waals surface area contributed by atoms with Gasteiger partial charge in [0.2, 0.25) is 0 Å². The molecule has 0 aliphatic carbocycles. The fraction of sp³-hybridized carbons (Fsp3) is 0.455. The van der Waals surface area contributed by atoms with E-state index in [1.165, 1.54) is 11.1 Å². The minimum absolute atomic E-state index is 1.12. The molecule has 1 aromatic rings. The molecule has 0 saturated heterocycles. The van der Waals surface area contributed by atoms with Crippen LogP contribution in [0.3, 0.4) is 0 Å². The van der Waals surface area contributed by atoms with Crippen LogP contribution in [-0.4, -0.2) is 4.57 Å². The Balaban J connectivity index is 2.87. The van der Waals surface area contributed by atoms with Gasteiger partial charge in [0.05, 0.1) is 0 Å². The number of allylic oxidation sites excluding steroid dienone is 2. The van der Waals surface area contributed by atoms with E-state index in [0.29, 0.717) is 0 Å². The first-order chi connectivity index (χ1) is 5.77. The highest BCUT2D eigenvalue weighted by Gasteiger charge is 1.98. The average molecular weight is 163 g/mol. The van der Waals surface area contributed by atoms with Crippen molar-refractivity contribution in [3.63, 3.8) is 0 Å². The Morgan fingerprint density at radius 1 is 1.50 bits per heavy atom. The maximum atomic E-state index is 2.30. The lowest BCUT2D eigenvalue weighted by Crippen LogP contribution is -1.81. The number of nitrogens with zero attached hydrogens (tertiary/aromatic N) is 1.